The summed E-state index contributed by atoms with van der Waals surface area (Å²) in [6.45, 7) is 2.39. The third-order valence-electron chi connectivity index (χ3n) is 1.93. The molecule has 4 nitrogen and oxygen atoms in total. The maximum Gasteiger partial charge on any atom is 0.169 e. The molecule has 0 N–H and O–H groups in total. The molecule has 0 aliphatic rings. The number of thiophene rings is 1. The van der Waals surface area contributed by atoms with E-state index >= 15 is 0 Å². The van der Waals surface area contributed by atoms with E-state index in [4.69, 9.17) is 23.2 Å². The monoisotopic (exact) mass is 262 g/mol. The number of hydrogen-bond acceptors (Lipinski definition) is 4. The molecule has 0 aliphatic heterocycles. The second kappa shape index (κ2) is 4.47. The van der Waals surface area contributed by atoms with Crippen LogP contribution < -0.4 is 0 Å². The zero-order chi connectivity index (χ0) is 10.8. The third kappa shape index (κ3) is 2.30. The Labute approximate surface area is 101 Å². The van der Waals surface area contributed by atoms with Crippen molar-refractivity contribution in [3.8, 4) is 0 Å². The highest BCUT2D eigenvalue weighted by Gasteiger charge is 2.13. The average Bonchev–Trinajstić information content (AvgIpc) is 2.77. The SMILES string of the molecule is CC(Cl)c1nnnn1Cc1ccsc1Cl. The number of rotatable bonds is 3. The third-order valence-corrected chi connectivity index (χ3v) is 3.38. The van der Waals surface area contributed by atoms with Gasteiger partial charge in [-0.2, -0.15) is 0 Å². The summed E-state index contributed by atoms with van der Waals surface area (Å²) in [7, 11) is 0. The predicted octanol–water partition coefficient (Wildman–Crippen LogP) is 2.74. The van der Waals surface area contributed by atoms with E-state index in [1.807, 2.05) is 18.4 Å². The van der Waals surface area contributed by atoms with Crippen molar-refractivity contribution < 1.29 is 0 Å². The Balaban J connectivity index is 2.25. The Morgan fingerprint density at radius 1 is 1.60 bits per heavy atom. The highest BCUT2D eigenvalue weighted by atomic mass is 35.5. The molecule has 0 amide bonds. The zero-order valence-corrected chi connectivity index (χ0v) is 10.2. The molecule has 1 atom stereocenters. The molecule has 0 saturated carbocycles. The van der Waals surface area contributed by atoms with Gasteiger partial charge < -0.3 is 0 Å². The summed E-state index contributed by atoms with van der Waals surface area (Å²) in [6, 6.07) is 1.96. The van der Waals surface area contributed by atoms with Crippen LogP contribution in [0, 0.1) is 0 Å². The van der Waals surface area contributed by atoms with Gasteiger partial charge in [0.25, 0.3) is 0 Å². The van der Waals surface area contributed by atoms with Crippen molar-refractivity contribution in [2.45, 2.75) is 18.8 Å². The molecule has 2 aromatic rings. The number of tetrazole rings is 1. The first kappa shape index (κ1) is 10.9. The van der Waals surface area contributed by atoms with E-state index in [2.05, 4.69) is 15.5 Å². The van der Waals surface area contributed by atoms with Gasteiger partial charge in [0, 0.05) is 5.56 Å². The van der Waals surface area contributed by atoms with E-state index in [1.54, 1.807) is 4.68 Å². The standard InChI is InChI=1S/C8H8Cl2N4S/c1-5(9)8-11-12-13-14(8)4-6-2-3-15-7(6)10/h2-3,5H,4H2,1H3. The van der Waals surface area contributed by atoms with Crippen molar-refractivity contribution in [2.75, 3.05) is 0 Å². The van der Waals surface area contributed by atoms with Gasteiger partial charge in [-0.25, -0.2) is 4.68 Å². The summed E-state index contributed by atoms with van der Waals surface area (Å²) in [5, 5.41) is 13.0. The van der Waals surface area contributed by atoms with Gasteiger partial charge in [-0.3, -0.25) is 0 Å². The summed E-state index contributed by atoms with van der Waals surface area (Å²) < 4.78 is 2.42. The fraction of sp³-hybridized carbons (Fsp3) is 0.375. The maximum absolute atomic E-state index is 5.99. The smallest absolute Gasteiger partial charge is 0.169 e. The van der Waals surface area contributed by atoms with E-state index in [-0.39, 0.29) is 5.38 Å². The van der Waals surface area contributed by atoms with Crippen LogP contribution in [0.5, 0.6) is 0 Å². The molecule has 80 valence electrons. The minimum atomic E-state index is -0.211. The average molecular weight is 263 g/mol. The lowest BCUT2D eigenvalue weighted by Gasteiger charge is -2.04. The van der Waals surface area contributed by atoms with E-state index in [0.29, 0.717) is 12.4 Å². The molecule has 7 heteroatoms. The fourth-order valence-electron chi connectivity index (χ4n) is 1.20. The molecule has 0 fully saturated rings. The van der Waals surface area contributed by atoms with Gasteiger partial charge in [-0.05, 0) is 28.8 Å². The Bertz CT molecular complexity index is 451. The van der Waals surface area contributed by atoms with Crippen molar-refractivity contribution in [3.05, 3.63) is 27.2 Å². The molecule has 2 aromatic heterocycles. The van der Waals surface area contributed by atoms with Crippen LogP contribution in [0.25, 0.3) is 0 Å². The second-order valence-electron chi connectivity index (χ2n) is 3.03. The van der Waals surface area contributed by atoms with Crippen LogP contribution in [0.3, 0.4) is 0 Å². The van der Waals surface area contributed by atoms with Crippen molar-refractivity contribution in [1.29, 1.82) is 0 Å². The lowest BCUT2D eigenvalue weighted by molar-refractivity contribution is 0.619. The van der Waals surface area contributed by atoms with Gasteiger partial charge in [0.15, 0.2) is 5.82 Å². The van der Waals surface area contributed by atoms with Crippen molar-refractivity contribution in [1.82, 2.24) is 20.2 Å². The number of aromatic nitrogens is 4. The molecule has 1 unspecified atom stereocenters. The molecular weight excluding hydrogens is 255 g/mol. The molecule has 2 heterocycles. The topological polar surface area (TPSA) is 43.6 Å². The van der Waals surface area contributed by atoms with Crippen molar-refractivity contribution >= 4 is 34.5 Å². The van der Waals surface area contributed by atoms with Crippen LogP contribution in [-0.2, 0) is 6.54 Å². The van der Waals surface area contributed by atoms with Crippen LogP contribution in [-0.4, -0.2) is 20.2 Å². The van der Waals surface area contributed by atoms with Gasteiger partial charge in [-0.15, -0.1) is 28.0 Å². The highest BCUT2D eigenvalue weighted by Crippen LogP contribution is 2.24. The maximum atomic E-state index is 5.99. The molecule has 0 radical (unpaired) electrons. The zero-order valence-electron chi connectivity index (χ0n) is 7.89. The number of halogens is 2. The van der Waals surface area contributed by atoms with E-state index in [9.17, 15) is 0 Å². The largest absolute Gasteiger partial charge is 0.224 e. The van der Waals surface area contributed by atoms with Gasteiger partial charge in [0.1, 0.15) is 0 Å². The summed E-state index contributed by atoms with van der Waals surface area (Å²) in [5.41, 5.74) is 1.01. The van der Waals surface area contributed by atoms with Crippen LogP contribution >= 0.6 is 34.5 Å². The Hall–Kier alpha value is -0.650. The van der Waals surface area contributed by atoms with Crippen LogP contribution in [0.2, 0.25) is 4.34 Å². The minimum Gasteiger partial charge on any atom is -0.224 e. The van der Waals surface area contributed by atoms with E-state index in [0.717, 1.165) is 9.90 Å². The molecule has 0 saturated heterocycles. The lowest BCUT2D eigenvalue weighted by atomic mass is 10.3. The molecule has 15 heavy (non-hydrogen) atoms. The summed E-state index contributed by atoms with van der Waals surface area (Å²) in [6.07, 6.45) is 0. The molecule has 0 aliphatic carbocycles. The normalized spacial score (nSPS) is 13.0. The minimum absolute atomic E-state index is 0.211. The van der Waals surface area contributed by atoms with Gasteiger partial charge in [-0.1, -0.05) is 11.6 Å². The number of nitrogens with zero attached hydrogens (tertiary/aromatic N) is 4. The molecular formula is C8H8Cl2N4S. The second-order valence-corrected chi connectivity index (χ2v) is 5.20. The Kier molecular flexibility index (Phi) is 3.23. The molecule has 0 aromatic carbocycles. The Morgan fingerprint density at radius 2 is 2.40 bits per heavy atom. The molecule has 2 rings (SSSR count). The van der Waals surface area contributed by atoms with Crippen molar-refractivity contribution in [3.63, 3.8) is 0 Å². The van der Waals surface area contributed by atoms with Gasteiger partial charge >= 0.3 is 0 Å². The van der Waals surface area contributed by atoms with Gasteiger partial charge in [0.2, 0.25) is 0 Å². The van der Waals surface area contributed by atoms with E-state index in [1.165, 1.54) is 11.3 Å². The number of alkyl halides is 1. The summed E-state index contributed by atoms with van der Waals surface area (Å²) in [4.78, 5) is 0. The van der Waals surface area contributed by atoms with Crippen LogP contribution in [0.4, 0.5) is 0 Å². The number of hydrogen-bond donors (Lipinski definition) is 0. The Morgan fingerprint density at radius 3 is 3.00 bits per heavy atom. The first-order valence-electron chi connectivity index (χ1n) is 4.30. The first-order chi connectivity index (χ1) is 7.18. The van der Waals surface area contributed by atoms with Crippen LogP contribution in [0.1, 0.15) is 23.7 Å². The van der Waals surface area contributed by atoms with Crippen LogP contribution in [0.15, 0.2) is 11.4 Å². The summed E-state index contributed by atoms with van der Waals surface area (Å²) >= 11 is 13.4. The predicted molar refractivity (Wildman–Crippen MR) is 60.5 cm³/mol. The lowest BCUT2D eigenvalue weighted by Crippen LogP contribution is -2.07. The molecule has 0 spiro atoms. The highest BCUT2D eigenvalue weighted by molar-refractivity contribution is 7.14. The van der Waals surface area contributed by atoms with Gasteiger partial charge in [0.05, 0.1) is 16.3 Å². The first-order valence-corrected chi connectivity index (χ1v) is 6.00. The fourth-order valence-corrected chi connectivity index (χ4v) is 2.27. The quantitative estimate of drug-likeness (QED) is 0.800. The summed E-state index contributed by atoms with van der Waals surface area (Å²) in [5.74, 6) is 0.652. The van der Waals surface area contributed by atoms with E-state index < -0.39 is 0 Å². The molecule has 0 bridgehead atoms. The van der Waals surface area contributed by atoms with Crippen molar-refractivity contribution in [2.24, 2.45) is 0 Å².